The van der Waals surface area contributed by atoms with Crippen molar-refractivity contribution < 1.29 is 9.15 Å². The standard InChI is InChI=1S/C39H26O2/c1-40-35-22-8-7-19-34(35)38-31-17-4-2-15-29(31)37(30-16-3-5-18-32(30)38)26-13-10-12-25(24-26)27-20-11-21-33-28-14-6-9-23-36(28)41-39(27)33/h2-24H,1H3. The summed E-state index contributed by atoms with van der Waals surface area (Å²) in [4.78, 5) is 0. The SMILES string of the molecule is COc1ccccc1-c1c2ccccc2c(-c2cccc(-c3cccc4c3oc3ccccc34)c2)c2ccccc12. The van der Waals surface area contributed by atoms with Gasteiger partial charge in [0.1, 0.15) is 16.9 Å². The molecule has 0 spiro atoms. The van der Waals surface area contributed by atoms with Crippen LogP contribution in [0.2, 0.25) is 0 Å². The third-order valence-electron chi connectivity index (χ3n) is 8.17. The number of ether oxygens (including phenoxy) is 1. The van der Waals surface area contributed by atoms with Crippen molar-refractivity contribution in [2.45, 2.75) is 0 Å². The molecule has 0 amide bonds. The summed E-state index contributed by atoms with van der Waals surface area (Å²) in [6.45, 7) is 0. The second-order valence-corrected chi connectivity index (χ2v) is 10.4. The fourth-order valence-corrected chi connectivity index (χ4v) is 6.40. The maximum atomic E-state index is 6.40. The third kappa shape index (κ3) is 3.65. The van der Waals surface area contributed by atoms with E-state index >= 15 is 0 Å². The molecule has 2 heteroatoms. The first-order chi connectivity index (χ1) is 20.3. The van der Waals surface area contributed by atoms with E-state index in [0.29, 0.717) is 0 Å². The molecule has 0 radical (unpaired) electrons. The number of benzene rings is 7. The summed E-state index contributed by atoms with van der Waals surface area (Å²) in [5, 5.41) is 7.12. The molecular formula is C39H26O2. The lowest BCUT2D eigenvalue weighted by Crippen LogP contribution is -1.93. The molecule has 0 aliphatic heterocycles. The van der Waals surface area contributed by atoms with Crippen molar-refractivity contribution in [3.05, 3.63) is 140 Å². The minimum atomic E-state index is 0.872. The van der Waals surface area contributed by atoms with Gasteiger partial charge in [-0.1, -0.05) is 121 Å². The number of para-hydroxylation sites is 3. The largest absolute Gasteiger partial charge is 0.496 e. The average molecular weight is 527 g/mol. The second kappa shape index (κ2) is 9.39. The lowest BCUT2D eigenvalue weighted by atomic mass is 9.85. The highest BCUT2D eigenvalue weighted by molar-refractivity contribution is 6.22. The van der Waals surface area contributed by atoms with Crippen LogP contribution >= 0.6 is 0 Å². The minimum absolute atomic E-state index is 0.872. The second-order valence-electron chi connectivity index (χ2n) is 10.4. The highest BCUT2D eigenvalue weighted by Crippen LogP contribution is 2.46. The smallest absolute Gasteiger partial charge is 0.143 e. The summed E-state index contributed by atoms with van der Waals surface area (Å²) < 4.78 is 12.2. The van der Waals surface area contributed by atoms with E-state index in [-0.39, 0.29) is 0 Å². The van der Waals surface area contributed by atoms with E-state index in [9.17, 15) is 0 Å². The Hall–Kier alpha value is -5.34. The van der Waals surface area contributed by atoms with E-state index in [1.807, 2.05) is 24.3 Å². The van der Waals surface area contributed by atoms with E-state index in [1.165, 1.54) is 38.2 Å². The van der Waals surface area contributed by atoms with Crippen LogP contribution in [-0.2, 0) is 0 Å². The molecule has 0 fully saturated rings. The van der Waals surface area contributed by atoms with Crippen molar-refractivity contribution >= 4 is 43.5 Å². The summed E-state index contributed by atoms with van der Waals surface area (Å²) in [5.41, 5.74) is 8.76. The van der Waals surface area contributed by atoms with E-state index < -0.39 is 0 Å². The van der Waals surface area contributed by atoms with Gasteiger partial charge in [0.25, 0.3) is 0 Å². The average Bonchev–Trinajstić information content (AvgIpc) is 3.42. The summed E-state index contributed by atoms with van der Waals surface area (Å²) in [5.74, 6) is 0.872. The van der Waals surface area contributed by atoms with Crippen molar-refractivity contribution in [3.63, 3.8) is 0 Å². The molecule has 7 aromatic carbocycles. The van der Waals surface area contributed by atoms with Crippen LogP contribution in [0.25, 0.3) is 76.9 Å². The monoisotopic (exact) mass is 526 g/mol. The number of fused-ring (bicyclic) bond motifs is 5. The first kappa shape index (κ1) is 23.5. The van der Waals surface area contributed by atoms with Crippen LogP contribution in [0.1, 0.15) is 0 Å². The van der Waals surface area contributed by atoms with Gasteiger partial charge in [0.15, 0.2) is 0 Å². The fourth-order valence-electron chi connectivity index (χ4n) is 6.40. The molecule has 0 aliphatic rings. The molecule has 1 heterocycles. The van der Waals surface area contributed by atoms with Gasteiger partial charge in [0, 0.05) is 27.5 Å². The molecule has 194 valence electrons. The Morgan fingerprint density at radius 1 is 0.439 bits per heavy atom. The minimum Gasteiger partial charge on any atom is -0.496 e. The van der Waals surface area contributed by atoms with Gasteiger partial charge in [-0.2, -0.15) is 0 Å². The highest BCUT2D eigenvalue weighted by Gasteiger charge is 2.19. The number of rotatable bonds is 4. The topological polar surface area (TPSA) is 22.4 Å². The van der Waals surface area contributed by atoms with Crippen molar-refractivity contribution in [3.8, 4) is 39.1 Å². The molecule has 8 rings (SSSR count). The molecule has 0 N–H and O–H groups in total. The molecule has 41 heavy (non-hydrogen) atoms. The predicted octanol–water partition coefficient (Wildman–Crippen LogP) is 10.9. The third-order valence-corrected chi connectivity index (χ3v) is 8.17. The molecule has 8 aromatic rings. The molecule has 0 saturated heterocycles. The van der Waals surface area contributed by atoms with E-state index in [1.54, 1.807) is 7.11 Å². The summed E-state index contributed by atoms with van der Waals surface area (Å²) in [6, 6.07) is 49.3. The van der Waals surface area contributed by atoms with Crippen LogP contribution in [0.4, 0.5) is 0 Å². The van der Waals surface area contributed by atoms with Crippen molar-refractivity contribution in [2.75, 3.05) is 7.11 Å². The molecule has 0 saturated carbocycles. The molecule has 2 nitrogen and oxygen atoms in total. The highest BCUT2D eigenvalue weighted by atomic mass is 16.5. The van der Waals surface area contributed by atoms with Gasteiger partial charge in [-0.3, -0.25) is 0 Å². The predicted molar refractivity (Wildman–Crippen MR) is 172 cm³/mol. The Bertz CT molecular complexity index is 2200. The molecule has 0 atom stereocenters. The normalized spacial score (nSPS) is 11.5. The zero-order valence-corrected chi connectivity index (χ0v) is 22.6. The van der Waals surface area contributed by atoms with Crippen LogP contribution in [0, 0.1) is 0 Å². The summed E-state index contributed by atoms with van der Waals surface area (Å²) >= 11 is 0. The van der Waals surface area contributed by atoms with Crippen LogP contribution in [0.5, 0.6) is 5.75 Å². The zero-order valence-electron chi connectivity index (χ0n) is 22.6. The molecule has 0 bridgehead atoms. The Morgan fingerprint density at radius 2 is 0.976 bits per heavy atom. The Labute approximate surface area is 238 Å². The molecule has 0 unspecified atom stereocenters. The van der Waals surface area contributed by atoms with Crippen LogP contribution in [0.15, 0.2) is 144 Å². The van der Waals surface area contributed by atoms with E-state index in [4.69, 9.17) is 9.15 Å². The van der Waals surface area contributed by atoms with Crippen molar-refractivity contribution in [1.82, 2.24) is 0 Å². The first-order valence-electron chi connectivity index (χ1n) is 13.9. The lowest BCUT2D eigenvalue weighted by molar-refractivity contribution is 0.416. The fraction of sp³-hybridized carbons (Fsp3) is 0.0256. The van der Waals surface area contributed by atoms with E-state index in [0.717, 1.165) is 44.4 Å². The van der Waals surface area contributed by atoms with Gasteiger partial charge in [-0.25, -0.2) is 0 Å². The van der Waals surface area contributed by atoms with Crippen LogP contribution in [0.3, 0.4) is 0 Å². The van der Waals surface area contributed by atoms with Crippen LogP contribution < -0.4 is 4.74 Å². The van der Waals surface area contributed by atoms with Gasteiger partial charge in [0.05, 0.1) is 7.11 Å². The zero-order chi connectivity index (χ0) is 27.3. The Morgan fingerprint density at radius 3 is 1.71 bits per heavy atom. The Balaban J connectivity index is 1.42. The summed E-state index contributed by atoms with van der Waals surface area (Å²) in [6.07, 6.45) is 0. The van der Waals surface area contributed by atoms with E-state index in [2.05, 4.69) is 115 Å². The number of hydrogen-bond acceptors (Lipinski definition) is 2. The summed E-state index contributed by atoms with van der Waals surface area (Å²) in [7, 11) is 1.74. The Kier molecular flexibility index (Phi) is 5.39. The lowest BCUT2D eigenvalue weighted by Gasteiger charge is -2.19. The number of methoxy groups -OCH3 is 1. The van der Waals surface area contributed by atoms with Gasteiger partial charge in [-0.15, -0.1) is 0 Å². The van der Waals surface area contributed by atoms with Gasteiger partial charge in [-0.05, 0) is 56.4 Å². The van der Waals surface area contributed by atoms with Crippen molar-refractivity contribution in [2.24, 2.45) is 0 Å². The van der Waals surface area contributed by atoms with Gasteiger partial charge in [0.2, 0.25) is 0 Å². The molecule has 0 aliphatic carbocycles. The number of hydrogen-bond donors (Lipinski definition) is 0. The maximum absolute atomic E-state index is 6.40. The maximum Gasteiger partial charge on any atom is 0.143 e. The van der Waals surface area contributed by atoms with Crippen molar-refractivity contribution in [1.29, 1.82) is 0 Å². The van der Waals surface area contributed by atoms with Gasteiger partial charge < -0.3 is 9.15 Å². The van der Waals surface area contributed by atoms with Crippen LogP contribution in [-0.4, -0.2) is 7.11 Å². The molecule has 1 aromatic heterocycles. The quantitative estimate of drug-likeness (QED) is 0.213. The van der Waals surface area contributed by atoms with Gasteiger partial charge >= 0.3 is 0 Å². The molecular weight excluding hydrogens is 500 g/mol. The number of furan rings is 1. The first-order valence-corrected chi connectivity index (χ1v) is 13.9.